The molecule has 1 rings (SSSR count). The maximum atomic E-state index is 12.0. The molecule has 3 nitrogen and oxygen atoms in total. The highest BCUT2D eigenvalue weighted by Gasteiger charge is 2.38. The minimum Gasteiger partial charge on any atom is -0.444 e. The Kier molecular flexibility index (Phi) is 4.55. The predicted molar refractivity (Wildman–Crippen MR) is 77.7 cm³/mol. The summed E-state index contributed by atoms with van der Waals surface area (Å²) in [4.78, 5) is 13.9. The van der Waals surface area contributed by atoms with Gasteiger partial charge in [-0.3, -0.25) is 0 Å². The molecular weight excluding hydrogens is 238 g/mol. The van der Waals surface area contributed by atoms with Crippen LogP contribution in [0.2, 0.25) is 0 Å². The Hall–Kier alpha value is -1.17. The van der Waals surface area contributed by atoms with Crippen molar-refractivity contribution in [3.8, 4) is 12.3 Å². The van der Waals surface area contributed by atoms with Crippen molar-refractivity contribution in [3.63, 3.8) is 0 Å². The van der Waals surface area contributed by atoms with E-state index in [9.17, 15) is 4.79 Å². The van der Waals surface area contributed by atoms with Crippen molar-refractivity contribution in [2.75, 3.05) is 13.1 Å². The number of hydrogen-bond donors (Lipinski definition) is 0. The summed E-state index contributed by atoms with van der Waals surface area (Å²) in [5, 5.41) is 0. The largest absolute Gasteiger partial charge is 0.444 e. The van der Waals surface area contributed by atoms with Crippen LogP contribution in [0, 0.1) is 29.6 Å². The van der Waals surface area contributed by atoms with E-state index in [4.69, 9.17) is 11.2 Å². The molecule has 0 radical (unpaired) electrons. The van der Waals surface area contributed by atoms with Crippen molar-refractivity contribution in [1.82, 2.24) is 4.90 Å². The molecule has 2 atom stereocenters. The topological polar surface area (TPSA) is 29.5 Å². The summed E-state index contributed by atoms with van der Waals surface area (Å²) in [7, 11) is 0. The first kappa shape index (κ1) is 15.9. The van der Waals surface area contributed by atoms with Crippen LogP contribution in [0.1, 0.15) is 48.0 Å². The molecule has 19 heavy (non-hydrogen) atoms. The Labute approximate surface area is 117 Å². The molecular formula is C16H27NO2. The molecule has 0 bridgehead atoms. The van der Waals surface area contributed by atoms with E-state index in [1.807, 2.05) is 20.8 Å². The standard InChI is InChI=1S/C16H27NO2/c1-8-16(6,7)13-9-10-17(11-12(13)2)14(18)19-15(3,4)5/h1,12-13H,9-11H2,2-7H3. The molecule has 1 amide bonds. The fourth-order valence-corrected chi connectivity index (χ4v) is 2.82. The Morgan fingerprint density at radius 1 is 1.32 bits per heavy atom. The maximum absolute atomic E-state index is 12.0. The van der Waals surface area contributed by atoms with Gasteiger partial charge in [0, 0.05) is 18.5 Å². The molecule has 1 fully saturated rings. The van der Waals surface area contributed by atoms with E-state index in [-0.39, 0.29) is 11.5 Å². The first-order chi connectivity index (χ1) is 8.57. The number of nitrogens with zero attached hydrogens (tertiary/aromatic N) is 1. The molecule has 1 saturated heterocycles. The molecule has 0 saturated carbocycles. The van der Waals surface area contributed by atoms with E-state index >= 15 is 0 Å². The zero-order chi connectivity index (χ0) is 14.8. The summed E-state index contributed by atoms with van der Waals surface area (Å²) in [6.45, 7) is 13.5. The van der Waals surface area contributed by atoms with Gasteiger partial charge >= 0.3 is 6.09 Å². The van der Waals surface area contributed by atoms with Gasteiger partial charge in [-0.25, -0.2) is 4.79 Å². The Balaban J connectivity index is 2.65. The zero-order valence-electron chi connectivity index (χ0n) is 13.1. The molecule has 0 aromatic carbocycles. The second kappa shape index (κ2) is 5.45. The van der Waals surface area contributed by atoms with Gasteiger partial charge in [-0.2, -0.15) is 0 Å². The molecule has 1 aliphatic heterocycles. The molecule has 0 N–H and O–H groups in total. The minimum atomic E-state index is -0.435. The lowest BCUT2D eigenvalue weighted by Crippen LogP contribution is -2.48. The first-order valence-electron chi connectivity index (χ1n) is 7.02. The third kappa shape index (κ3) is 4.16. The highest BCUT2D eigenvalue weighted by atomic mass is 16.6. The van der Waals surface area contributed by atoms with Gasteiger partial charge in [-0.15, -0.1) is 12.3 Å². The average Bonchev–Trinajstić information content (AvgIpc) is 2.26. The zero-order valence-corrected chi connectivity index (χ0v) is 13.1. The number of hydrogen-bond acceptors (Lipinski definition) is 2. The van der Waals surface area contributed by atoms with Gasteiger partial charge in [0.2, 0.25) is 0 Å². The minimum absolute atomic E-state index is 0.112. The van der Waals surface area contributed by atoms with Gasteiger partial charge in [0.25, 0.3) is 0 Å². The summed E-state index contributed by atoms with van der Waals surface area (Å²) >= 11 is 0. The molecule has 0 aliphatic carbocycles. The highest BCUT2D eigenvalue weighted by molar-refractivity contribution is 5.68. The van der Waals surface area contributed by atoms with E-state index in [0.717, 1.165) is 19.5 Å². The van der Waals surface area contributed by atoms with Crippen molar-refractivity contribution in [2.45, 2.75) is 53.6 Å². The second-order valence-electron chi connectivity index (χ2n) is 7.16. The summed E-state index contributed by atoms with van der Waals surface area (Å²) in [5.74, 6) is 3.74. The van der Waals surface area contributed by atoms with E-state index in [0.29, 0.717) is 11.8 Å². The predicted octanol–water partition coefficient (Wildman–Crippen LogP) is 3.54. The molecule has 0 aromatic rings. The van der Waals surface area contributed by atoms with Crippen LogP contribution in [0.15, 0.2) is 0 Å². The molecule has 108 valence electrons. The van der Waals surface area contributed by atoms with Crippen LogP contribution in [-0.4, -0.2) is 29.7 Å². The quantitative estimate of drug-likeness (QED) is 0.679. The fraction of sp³-hybridized carbons (Fsp3) is 0.812. The van der Waals surface area contributed by atoms with Gasteiger partial charge in [-0.05, 0) is 52.9 Å². The lowest BCUT2D eigenvalue weighted by molar-refractivity contribution is 0.00435. The smallest absolute Gasteiger partial charge is 0.410 e. The Morgan fingerprint density at radius 2 is 1.89 bits per heavy atom. The van der Waals surface area contributed by atoms with Crippen molar-refractivity contribution in [1.29, 1.82) is 0 Å². The van der Waals surface area contributed by atoms with E-state index in [1.165, 1.54) is 0 Å². The van der Waals surface area contributed by atoms with E-state index in [1.54, 1.807) is 4.90 Å². The van der Waals surface area contributed by atoms with Crippen molar-refractivity contribution < 1.29 is 9.53 Å². The normalized spacial score (nSPS) is 24.8. The van der Waals surface area contributed by atoms with Gasteiger partial charge in [0.15, 0.2) is 0 Å². The molecule has 0 aromatic heterocycles. The third-order valence-electron chi connectivity index (χ3n) is 3.86. The van der Waals surface area contributed by atoms with Crippen LogP contribution >= 0.6 is 0 Å². The van der Waals surface area contributed by atoms with E-state index < -0.39 is 5.60 Å². The van der Waals surface area contributed by atoms with Gasteiger partial charge in [0.05, 0.1) is 0 Å². The number of piperidine rings is 1. The summed E-state index contributed by atoms with van der Waals surface area (Å²) in [6, 6.07) is 0. The summed E-state index contributed by atoms with van der Waals surface area (Å²) in [6.07, 6.45) is 6.35. The van der Waals surface area contributed by atoms with E-state index in [2.05, 4.69) is 26.7 Å². The number of likely N-dealkylation sites (tertiary alicyclic amines) is 1. The van der Waals surface area contributed by atoms with Gasteiger partial charge < -0.3 is 9.64 Å². The SMILES string of the molecule is C#CC(C)(C)C1CCN(C(=O)OC(C)(C)C)CC1C. The molecule has 2 unspecified atom stereocenters. The number of carbonyl (C=O) groups is 1. The van der Waals surface area contributed by atoms with Crippen molar-refractivity contribution in [3.05, 3.63) is 0 Å². The van der Waals surface area contributed by atoms with Crippen LogP contribution in [-0.2, 0) is 4.74 Å². The molecule has 1 heterocycles. The van der Waals surface area contributed by atoms with Crippen LogP contribution < -0.4 is 0 Å². The van der Waals surface area contributed by atoms with Crippen molar-refractivity contribution in [2.24, 2.45) is 17.3 Å². The first-order valence-corrected chi connectivity index (χ1v) is 7.02. The second-order valence-corrected chi connectivity index (χ2v) is 7.16. The maximum Gasteiger partial charge on any atom is 0.410 e. The molecule has 0 spiro atoms. The van der Waals surface area contributed by atoms with Crippen LogP contribution in [0.5, 0.6) is 0 Å². The number of terminal acetylenes is 1. The average molecular weight is 265 g/mol. The monoisotopic (exact) mass is 265 g/mol. The number of amides is 1. The van der Waals surface area contributed by atoms with Crippen LogP contribution in [0.25, 0.3) is 0 Å². The van der Waals surface area contributed by atoms with Gasteiger partial charge in [0.1, 0.15) is 5.60 Å². The molecule has 1 aliphatic rings. The lowest BCUT2D eigenvalue weighted by Gasteiger charge is -2.42. The lowest BCUT2D eigenvalue weighted by atomic mass is 9.69. The number of carbonyl (C=O) groups excluding carboxylic acids is 1. The van der Waals surface area contributed by atoms with Crippen LogP contribution in [0.3, 0.4) is 0 Å². The molecule has 3 heteroatoms. The number of rotatable bonds is 1. The fourth-order valence-electron chi connectivity index (χ4n) is 2.82. The summed E-state index contributed by atoms with van der Waals surface area (Å²) in [5.41, 5.74) is -0.547. The number of ether oxygens (including phenoxy) is 1. The van der Waals surface area contributed by atoms with Gasteiger partial charge in [-0.1, -0.05) is 6.92 Å². The third-order valence-corrected chi connectivity index (χ3v) is 3.86. The highest BCUT2D eigenvalue weighted by Crippen LogP contribution is 2.38. The van der Waals surface area contributed by atoms with Crippen LogP contribution in [0.4, 0.5) is 4.79 Å². The van der Waals surface area contributed by atoms with Crippen molar-refractivity contribution >= 4 is 6.09 Å². The summed E-state index contributed by atoms with van der Waals surface area (Å²) < 4.78 is 5.42. The Bertz CT molecular complexity index is 373. The Morgan fingerprint density at radius 3 is 2.32 bits per heavy atom.